The zero-order valence-corrected chi connectivity index (χ0v) is 21.0. The van der Waals surface area contributed by atoms with Gasteiger partial charge in [-0.3, -0.25) is 0 Å². The van der Waals surface area contributed by atoms with Gasteiger partial charge in [-0.15, -0.1) is 0 Å². The van der Waals surface area contributed by atoms with Crippen LogP contribution < -0.4 is 12.4 Å². The molecule has 0 aliphatic carbocycles. The van der Waals surface area contributed by atoms with Crippen LogP contribution >= 0.6 is 0 Å². The average Bonchev–Trinajstić information content (AvgIpc) is 3.36. The largest absolute Gasteiger partial charge is 1.00 e. The number of carbonyl (C=O) groups is 1. The molecule has 0 saturated carbocycles. The zero-order valence-electron chi connectivity index (χ0n) is 20.3. The lowest BCUT2D eigenvalue weighted by atomic mass is 9.86. The first-order valence-electron chi connectivity index (χ1n) is 12.5. The smallest absolute Gasteiger partial charge is 0.347 e. The molecular weight excluding hydrogens is 450 g/mol. The summed E-state index contributed by atoms with van der Waals surface area (Å²) in [5, 5.41) is 19.7. The van der Waals surface area contributed by atoms with E-state index in [2.05, 4.69) is 0 Å². The van der Waals surface area contributed by atoms with E-state index in [1.165, 1.54) is 43.3 Å². The molecule has 3 aliphatic heterocycles. The van der Waals surface area contributed by atoms with Crippen molar-refractivity contribution >= 4 is 5.97 Å². The molecule has 0 aromatic heterocycles. The Morgan fingerprint density at radius 2 is 1.32 bits per heavy atom. The van der Waals surface area contributed by atoms with Gasteiger partial charge in [0.05, 0.1) is 25.2 Å². The van der Waals surface area contributed by atoms with Crippen LogP contribution in [0, 0.1) is 0 Å². The molecule has 3 fully saturated rings. The maximum atomic E-state index is 13.4. The van der Waals surface area contributed by atoms with Crippen molar-refractivity contribution in [1.82, 2.24) is 0 Å². The standard InChI is InChI=1S/C25H30NO3.C3H8O.ClH/c27-24(25(28,19-9-3-1-4-10-19)20-11-5-2-6-12-20)29-23-17-21-13-14-22(18-23)26(21)15-7-8-16-26;1-3(2)4;/h1-6,9-12,21-23,28H,7-8,13-18H2;3-4H,1-2H3;1H/q+1;;/p-1/t21-,22+,23?;;. The van der Waals surface area contributed by atoms with Crippen LogP contribution in [0.25, 0.3) is 0 Å². The summed E-state index contributed by atoms with van der Waals surface area (Å²) in [5.41, 5.74) is -0.671. The van der Waals surface area contributed by atoms with E-state index in [-0.39, 0.29) is 24.6 Å². The summed E-state index contributed by atoms with van der Waals surface area (Å²) < 4.78 is 7.32. The molecule has 0 amide bonds. The highest BCUT2D eigenvalue weighted by Gasteiger charge is 2.56. The molecule has 6 heteroatoms. The first kappa shape index (κ1) is 26.7. The lowest BCUT2D eigenvalue weighted by molar-refractivity contribution is -0.956. The van der Waals surface area contributed by atoms with E-state index in [4.69, 9.17) is 9.84 Å². The highest BCUT2D eigenvalue weighted by atomic mass is 35.5. The van der Waals surface area contributed by atoms with Crippen LogP contribution in [0.2, 0.25) is 0 Å². The summed E-state index contributed by atoms with van der Waals surface area (Å²) in [4.78, 5) is 13.4. The molecule has 1 unspecified atom stereocenters. The summed E-state index contributed by atoms with van der Waals surface area (Å²) in [6, 6.07) is 19.6. The fourth-order valence-corrected chi connectivity index (χ4v) is 6.30. The van der Waals surface area contributed by atoms with Crippen LogP contribution in [0.5, 0.6) is 0 Å². The van der Waals surface area contributed by atoms with Gasteiger partial charge in [-0.2, -0.15) is 0 Å². The minimum Gasteiger partial charge on any atom is -1.00 e. The third kappa shape index (κ3) is 5.18. The van der Waals surface area contributed by atoms with Crippen molar-refractivity contribution in [2.45, 2.75) is 82.3 Å². The Bertz CT molecular complexity index is 856. The number of aliphatic hydroxyl groups excluding tert-OH is 1. The van der Waals surface area contributed by atoms with Crippen LogP contribution in [0.1, 0.15) is 63.5 Å². The fourth-order valence-electron chi connectivity index (χ4n) is 6.30. The van der Waals surface area contributed by atoms with Gasteiger partial charge in [0.25, 0.3) is 0 Å². The first-order chi connectivity index (χ1) is 15.9. The number of nitrogens with zero attached hydrogens (tertiary/aromatic N) is 1. The molecule has 5 nitrogen and oxygen atoms in total. The van der Waals surface area contributed by atoms with Crippen LogP contribution in [-0.4, -0.2) is 58.0 Å². The maximum Gasteiger partial charge on any atom is 0.347 e. The Hall–Kier alpha value is -1.92. The number of ether oxygens (including phenoxy) is 1. The highest BCUT2D eigenvalue weighted by Crippen LogP contribution is 2.46. The van der Waals surface area contributed by atoms with Crippen molar-refractivity contribution in [3.05, 3.63) is 71.8 Å². The summed E-state index contributed by atoms with van der Waals surface area (Å²) >= 11 is 0. The topological polar surface area (TPSA) is 66.8 Å². The van der Waals surface area contributed by atoms with E-state index in [0.717, 1.165) is 12.8 Å². The van der Waals surface area contributed by atoms with E-state index in [1.807, 2.05) is 36.4 Å². The molecule has 186 valence electrons. The van der Waals surface area contributed by atoms with Gasteiger partial charge in [0.1, 0.15) is 6.10 Å². The number of carbonyl (C=O) groups excluding carboxylic acids is 1. The molecule has 3 saturated heterocycles. The summed E-state index contributed by atoms with van der Waals surface area (Å²) in [6.45, 7) is 6.04. The number of benzene rings is 2. The predicted octanol–water partition coefficient (Wildman–Crippen LogP) is 1.16. The third-order valence-corrected chi connectivity index (χ3v) is 7.71. The van der Waals surface area contributed by atoms with Crippen molar-refractivity contribution in [2.75, 3.05) is 13.1 Å². The van der Waals surface area contributed by atoms with Crippen LogP contribution in [0.3, 0.4) is 0 Å². The second kappa shape index (κ2) is 11.2. The number of piperidine rings is 1. The first-order valence-corrected chi connectivity index (χ1v) is 12.5. The van der Waals surface area contributed by atoms with Crippen LogP contribution in [0.4, 0.5) is 0 Å². The quantitative estimate of drug-likeness (QED) is 0.502. The molecule has 2 aromatic carbocycles. The number of quaternary nitrogens is 1. The Morgan fingerprint density at radius 1 is 0.912 bits per heavy atom. The van der Waals surface area contributed by atoms with Crippen molar-refractivity contribution in [3.8, 4) is 0 Å². The molecule has 2 N–H and O–H groups in total. The maximum absolute atomic E-state index is 13.4. The number of hydrogen-bond acceptors (Lipinski definition) is 4. The summed E-state index contributed by atoms with van der Waals surface area (Å²) in [6.07, 6.45) is 6.77. The number of hydrogen-bond donors (Lipinski definition) is 2. The second-order valence-corrected chi connectivity index (χ2v) is 10.2. The van der Waals surface area contributed by atoms with E-state index in [0.29, 0.717) is 23.2 Å². The van der Waals surface area contributed by atoms with Gasteiger partial charge < -0.3 is 31.8 Å². The Labute approximate surface area is 209 Å². The minimum absolute atomic E-state index is 0. The summed E-state index contributed by atoms with van der Waals surface area (Å²) in [5.74, 6) is -0.547. The molecule has 3 atom stereocenters. The summed E-state index contributed by atoms with van der Waals surface area (Å²) in [7, 11) is 0. The number of aliphatic hydroxyl groups is 2. The normalized spacial score (nSPS) is 24.8. The zero-order chi connectivity index (χ0) is 23.5. The van der Waals surface area contributed by atoms with Crippen LogP contribution in [-0.2, 0) is 15.1 Å². The number of rotatable bonds is 4. The van der Waals surface area contributed by atoms with E-state index in [1.54, 1.807) is 38.1 Å². The van der Waals surface area contributed by atoms with Gasteiger partial charge in [0.15, 0.2) is 0 Å². The lowest BCUT2D eigenvalue weighted by Gasteiger charge is -2.47. The van der Waals surface area contributed by atoms with Gasteiger partial charge >= 0.3 is 5.97 Å². The lowest BCUT2D eigenvalue weighted by Crippen LogP contribution is -3.00. The fraction of sp³-hybridized carbons (Fsp3) is 0.536. The molecule has 3 heterocycles. The van der Waals surface area contributed by atoms with Crippen molar-refractivity contribution in [1.29, 1.82) is 0 Å². The molecule has 1 spiro atoms. The minimum atomic E-state index is -1.78. The van der Waals surface area contributed by atoms with Crippen LogP contribution in [0.15, 0.2) is 60.7 Å². The third-order valence-electron chi connectivity index (χ3n) is 7.71. The highest BCUT2D eigenvalue weighted by molar-refractivity contribution is 5.85. The Kier molecular flexibility index (Phi) is 8.80. The van der Waals surface area contributed by atoms with Gasteiger partial charge in [-0.05, 0) is 25.0 Å². The Balaban J connectivity index is 0.000000603. The number of esters is 1. The monoisotopic (exact) mass is 487 g/mol. The molecule has 3 aliphatic rings. The van der Waals surface area contributed by atoms with Crippen molar-refractivity contribution in [3.63, 3.8) is 0 Å². The SMILES string of the molecule is CC(C)O.O=C(OC1C[C@H]2CC[C@@H](C1)[N+]21CCCC1)C(O)(c1ccccc1)c1ccccc1.[Cl-]. The van der Waals surface area contributed by atoms with E-state index < -0.39 is 11.6 Å². The van der Waals surface area contributed by atoms with Crippen molar-refractivity contribution < 1.29 is 36.6 Å². The average molecular weight is 488 g/mol. The predicted molar refractivity (Wildman–Crippen MR) is 128 cm³/mol. The molecule has 2 bridgehead atoms. The molecular formula is C28H38ClNO4. The van der Waals surface area contributed by atoms with E-state index in [9.17, 15) is 9.90 Å². The van der Waals surface area contributed by atoms with Gasteiger partial charge in [-0.1, -0.05) is 60.7 Å². The number of halogens is 1. The molecule has 34 heavy (non-hydrogen) atoms. The molecule has 0 radical (unpaired) electrons. The van der Waals surface area contributed by atoms with Gasteiger partial charge in [0, 0.05) is 44.6 Å². The van der Waals surface area contributed by atoms with E-state index >= 15 is 0 Å². The molecule has 2 aromatic rings. The Morgan fingerprint density at radius 3 is 1.74 bits per heavy atom. The van der Waals surface area contributed by atoms with Gasteiger partial charge in [-0.25, -0.2) is 4.79 Å². The van der Waals surface area contributed by atoms with Gasteiger partial charge in [0.2, 0.25) is 5.60 Å². The molecule has 5 rings (SSSR count). The van der Waals surface area contributed by atoms with Crippen molar-refractivity contribution in [2.24, 2.45) is 0 Å². The second-order valence-electron chi connectivity index (χ2n) is 10.2.